The molecule has 1 heterocycles. The molecule has 0 aliphatic rings. The molecule has 4 aromatic rings. The lowest BCUT2D eigenvalue weighted by Gasteiger charge is -2.09. The van der Waals surface area contributed by atoms with Gasteiger partial charge in [0.25, 0.3) is 5.91 Å². The van der Waals surface area contributed by atoms with Gasteiger partial charge in [0.2, 0.25) is 5.13 Å². The molecule has 3 aromatic carbocycles. The van der Waals surface area contributed by atoms with E-state index in [1.165, 1.54) is 0 Å². The highest BCUT2D eigenvalue weighted by atomic mass is 35.5. The highest BCUT2D eigenvalue weighted by Crippen LogP contribution is 2.35. The topological polar surface area (TPSA) is 102 Å². The van der Waals surface area contributed by atoms with Crippen LogP contribution in [-0.4, -0.2) is 16.1 Å². The Morgan fingerprint density at radius 3 is 2.09 bits per heavy atom. The van der Waals surface area contributed by atoms with Crippen LogP contribution in [0.25, 0.3) is 17.2 Å². The summed E-state index contributed by atoms with van der Waals surface area (Å²) in [6.07, 6.45) is 1.69. The largest absolute Gasteiger partial charge is 0.296 e. The van der Waals surface area contributed by atoms with Crippen LogP contribution >= 0.6 is 22.9 Å². The summed E-state index contributed by atoms with van der Waals surface area (Å²) in [5.74, 6) is -0.334. The zero-order chi connectivity index (χ0) is 24.6. The van der Waals surface area contributed by atoms with E-state index in [0.29, 0.717) is 21.7 Å². The Morgan fingerprint density at radius 1 is 0.857 bits per heavy atom. The lowest BCUT2D eigenvalue weighted by Crippen LogP contribution is -2.11. The molecule has 0 spiro atoms. The van der Waals surface area contributed by atoms with Gasteiger partial charge in [0, 0.05) is 16.2 Å². The number of hydrogen-bond donors (Lipinski definition) is 1. The van der Waals surface area contributed by atoms with Crippen molar-refractivity contribution in [2.45, 2.75) is 0 Å². The quantitative estimate of drug-likeness (QED) is 0.244. The van der Waals surface area contributed by atoms with E-state index in [2.05, 4.69) is 27.7 Å². The van der Waals surface area contributed by atoms with Crippen molar-refractivity contribution in [3.8, 4) is 12.1 Å². The second-order valence-corrected chi connectivity index (χ2v) is 8.60. The number of benzene rings is 3. The molecule has 1 N–H and O–H groups in total. The molecule has 0 bridgehead atoms. The first-order valence-corrected chi connectivity index (χ1v) is 11.6. The highest BCUT2D eigenvalue weighted by Gasteiger charge is 2.20. The molecule has 0 atom stereocenters. The molecular formula is C27H16ClN5OS. The molecular weight excluding hydrogens is 478 g/mol. The number of halogens is 1. The van der Waals surface area contributed by atoms with Crippen LogP contribution in [0.2, 0.25) is 5.02 Å². The number of aromatic nitrogens is 2. The standard InChI is InChI=1S/C27H16ClN5OS/c28-22-13-11-18(12-14-22)15-21(16-29)24(19-7-3-1-4-8-19)23(17-30)26-32-33-27(35-26)31-25(34)20-9-5-2-6-10-20/h1-15H,(H,31,33,34)/b21-15+,24-23+. The number of amides is 1. The number of nitriles is 2. The molecule has 0 aliphatic heterocycles. The molecule has 168 valence electrons. The lowest BCUT2D eigenvalue weighted by molar-refractivity contribution is 0.102. The van der Waals surface area contributed by atoms with Crippen molar-refractivity contribution in [3.63, 3.8) is 0 Å². The van der Waals surface area contributed by atoms with Crippen LogP contribution in [0.3, 0.4) is 0 Å². The number of carbonyl (C=O) groups is 1. The molecule has 0 saturated carbocycles. The van der Waals surface area contributed by atoms with E-state index in [9.17, 15) is 15.3 Å². The molecule has 0 fully saturated rings. The molecule has 0 saturated heterocycles. The zero-order valence-corrected chi connectivity index (χ0v) is 19.7. The normalized spacial score (nSPS) is 11.7. The van der Waals surface area contributed by atoms with E-state index < -0.39 is 0 Å². The molecule has 1 aromatic heterocycles. The third-order valence-electron chi connectivity index (χ3n) is 4.89. The summed E-state index contributed by atoms with van der Waals surface area (Å²) in [7, 11) is 0. The van der Waals surface area contributed by atoms with Gasteiger partial charge in [-0.3, -0.25) is 10.1 Å². The maximum absolute atomic E-state index is 12.5. The smallest absolute Gasteiger partial charge is 0.257 e. The minimum Gasteiger partial charge on any atom is -0.296 e. The Hall–Kier alpha value is -4.56. The van der Waals surface area contributed by atoms with Gasteiger partial charge in [-0.25, -0.2) is 0 Å². The van der Waals surface area contributed by atoms with E-state index in [0.717, 1.165) is 16.9 Å². The number of nitrogens with zero attached hydrogens (tertiary/aromatic N) is 4. The van der Waals surface area contributed by atoms with Crippen LogP contribution in [0.5, 0.6) is 0 Å². The van der Waals surface area contributed by atoms with Crippen molar-refractivity contribution in [2.24, 2.45) is 0 Å². The second-order valence-electron chi connectivity index (χ2n) is 7.18. The number of rotatable bonds is 6. The van der Waals surface area contributed by atoms with E-state index in [4.69, 9.17) is 11.6 Å². The van der Waals surface area contributed by atoms with Gasteiger partial charge in [-0.1, -0.05) is 83.6 Å². The Labute approximate surface area is 211 Å². The fraction of sp³-hybridized carbons (Fsp3) is 0. The van der Waals surface area contributed by atoms with Crippen molar-refractivity contribution in [2.75, 3.05) is 5.32 Å². The van der Waals surface area contributed by atoms with Crippen molar-refractivity contribution in [3.05, 3.63) is 117 Å². The number of hydrogen-bond acceptors (Lipinski definition) is 6. The van der Waals surface area contributed by atoms with Crippen LogP contribution in [-0.2, 0) is 0 Å². The Balaban J connectivity index is 1.79. The second kappa shape index (κ2) is 11.0. The van der Waals surface area contributed by atoms with Crippen LogP contribution in [0.4, 0.5) is 5.13 Å². The summed E-state index contributed by atoms with van der Waals surface area (Å²) in [6.45, 7) is 0. The van der Waals surface area contributed by atoms with Gasteiger partial charge in [0.05, 0.1) is 17.2 Å². The average molecular weight is 494 g/mol. The van der Waals surface area contributed by atoms with Gasteiger partial charge in [-0.15, -0.1) is 10.2 Å². The maximum atomic E-state index is 12.5. The van der Waals surface area contributed by atoms with E-state index >= 15 is 0 Å². The fourth-order valence-electron chi connectivity index (χ4n) is 3.27. The predicted octanol–water partition coefficient (Wildman–Crippen LogP) is 6.49. The predicted molar refractivity (Wildman–Crippen MR) is 138 cm³/mol. The summed E-state index contributed by atoms with van der Waals surface area (Å²) in [6, 6.07) is 29.3. The molecule has 4 rings (SSSR count). The summed E-state index contributed by atoms with van der Waals surface area (Å²) in [5, 5.41) is 32.1. The molecule has 1 amide bonds. The summed E-state index contributed by atoms with van der Waals surface area (Å²) in [5.41, 5.74) is 2.78. The summed E-state index contributed by atoms with van der Waals surface area (Å²) in [4.78, 5) is 12.5. The fourth-order valence-corrected chi connectivity index (χ4v) is 4.14. The van der Waals surface area contributed by atoms with Crippen molar-refractivity contribution < 1.29 is 4.79 Å². The van der Waals surface area contributed by atoms with Gasteiger partial charge in [-0.2, -0.15) is 10.5 Å². The number of carbonyl (C=O) groups excluding carboxylic acids is 1. The molecule has 8 heteroatoms. The van der Waals surface area contributed by atoms with Crippen molar-refractivity contribution in [1.82, 2.24) is 10.2 Å². The average Bonchev–Trinajstić information content (AvgIpc) is 3.36. The van der Waals surface area contributed by atoms with Crippen molar-refractivity contribution >= 4 is 51.2 Å². The summed E-state index contributed by atoms with van der Waals surface area (Å²) < 4.78 is 0. The SMILES string of the molecule is N#CC(=C\c1ccc(Cl)cc1)/C(=C(\C#N)c1nnc(NC(=O)c2ccccc2)s1)c1ccccc1. The minimum atomic E-state index is -0.334. The number of anilines is 1. The minimum absolute atomic E-state index is 0.177. The van der Waals surface area contributed by atoms with Gasteiger partial charge in [-0.05, 0) is 41.5 Å². The van der Waals surface area contributed by atoms with Crippen LogP contribution in [0.15, 0.2) is 90.5 Å². The van der Waals surface area contributed by atoms with Crippen LogP contribution in [0, 0.1) is 22.7 Å². The van der Waals surface area contributed by atoms with E-state index in [1.807, 2.05) is 36.4 Å². The number of allylic oxidation sites excluding steroid dienone is 3. The first kappa shape index (κ1) is 23.6. The van der Waals surface area contributed by atoms with Crippen LogP contribution < -0.4 is 5.32 Å². The monoisotopic (exact) mass is 493 g/mol. The van der Waals surface area contributed by atoms with Gasteiger partial charge in [0.1, 0.15) is 6.07 Å². The van der Waals surface area contributed by atoms with Crippen LogP contribution in [0.1, 0.15) is 26.5 Å². The lowest BCUT2D eigenvalue weighted by atomic mass is 9.92. The van der Waals surface area contributed by atoms with Gasteiger partial charge < -0.3 is 0 Å². The summed E-state index contributed by atoms with van der Waals surface area (Å²) >= 11 is 7.05. The molecule has 35 heavy (non-hydrogen) atoms. The Bertz CT molecular complexity index is 1500. The van der Waals surface area contributed by atoms with Crippen molar-refractivity contribution in [1.29, 1.82) is 10.5 Å². The number of nitrogens with one attached hydrogen (secondary N) is 1. The zero-order valence-electron chi connectivity index (χ0n) is 18.1. The first-order valence-electron chi connectivity index (χ1n) is 10.4. The Kier molecular flexibility index (Phi) is 7.44. The third kappa shape index (κ3) is 5.69. The Morgan fingerprint density at radius 2 is 1.49 bits per heavy atom. The maximum Gasteiger partial charge on any atom is 0.257 e. The molecule has 6 nitrogen and oxygen atoms in total. The highest BCUT2D eigenvalue weighted by molar-refractivity contribution is 7.16. The first-order chi connectivity index (χ1) is 17.1. The van der Waals surface area contributed by atoms with Gasteiger partial charge >= 0.3 is 0 Å². The van der Waals surface area contributed by atoms with Gasteiger partial charge in [0.15, 0.2) is 5.01 Å². The molecule has 0 unspecified atom stereocenters. The molecule has 0 radical (unpaired) electrons. The van der Waals surface area contributed by atoms with E-state index in [-0.39, 0.29) is 27.2 Å². The third-order valence-corrected chi connectivity index (χ3v) is 6.00. The molecule has 0 aliphatic carbocycles. The van der Waals surface area contributed by atoms with E-state index in [1.54, 1.807) is 54.6 Å².